The van der Waals surface area contributed by atoms with Crippen molar-refractivity contribution in [2.24, 2.45) is 0 Å². The predicted molar refractivity (Wildman–Crippen MR) is 77.4 cm³/mol. The quantitative estimate of drug-likeness (QED) is 0.863. The van der Waals surface area contributed by atoms with Crippen molar-refractivity contribution in [3.63, 3.8) is 0 Å². The van der Waals surface area contributed by atoms with E-state index in [2.05, 4.69) is 41.2 Å². The average Bonchev–Trinajstić information content (AvgIpc) is 2.36. The molecule has 0 radical (unpaired) electrons. The molecule has 0 bridgehead atoms. The van der Waals surface area contributed by atoms with Crippen LogP contribution in [-0.2, 0) is 0 Å². The summed E-state index contributed by atoms with van der Waals surface area (Å²) in [6, 6.07) is 0.332. The van der Waals surface area contributed by atoms with Crippen molar-refractivity contribution in [3.8, 4) is 0 Å². The van der Waals surface area contributed by atoms with E-state index in [0.29, 0.717) is 11.2 Å². The Labute approximate surface area is 115 Å². The molecule has 4 nitrogen and oxygen atoms in total. The minimum atomic E-state index is 0.332. The number of halogens is 1. The maximum absolute atomic E-state index is 5.94. The maximum atomic E-state index is 5.94. The van der Waals surface area contributed by atoms with Crippen LogP contribution in [0.15, 0.2) is 0 Å². The van der Waals surface area contributed by atoms with Crippen molar-refractivity contribution < 1.29 is 0 Å². The molecule has 1 aromatic rings. The highest BCUT2D eigenvalue weighted by Crippen LogP contribution is 2.21. The van der Waals surface area contributed by atoms with E-state index in [4.69, 9.17) is 11.6 Å². The highest BCUT2D eigenvalue weighted by Gasteiger charge is 2.12. The van der Waals surface area contributed by atoms with Crippen LogP contribution in [0.25, 0.3) is 0 Å². The van der Waals surface area contributed by atoms with Gasteiger partial charge in [-0.25, -0.2) is 0 Å². The van der Waals surface area contributed by atoms with Gasteiger partial charge in [0.05, 0.1) is 0 Å². The maximum Gasteiger partial charge on any atom is 0.155 e. The van der Waals surface area contributed by atoms with Gasteiger partial charge in [-0.05, 0) is 45.0 Å². The number of nitrogens with zero attached hydrogens (tertiary/aromatic N) is 3. The van der Waals surface area contributed by atoms with Crippen LogP contribution in [0, 0.1) is 13.8 Å². The zero-order valence-corrected chi connectivity index (χ0v) is 12.7. The molecule has 1 unspecified atom stereocenters. The Hall–Kier alpha value is -0.870. The molecule has 1 N–H and O–H groups in total. The molecule has 0 aliphatic carbocycles. The fourth-order valence-electron chi connectivity index (χ4n) is 1.86. The van der Waals surface area contributed by atoms with Crippen molar-refractivity contribution in [3.05, 3.63) is 16.3 Å². The van der Waals surface area contributed by atoms with Gasteiger partial charge in [-0.1, -0.05) is 25.4 Å². The lowest BCUT2D eigenvalue weighted by Gasteiger charge is -2.24. The van der Waals surface area contributed by atoms with Gasteiger partial charge in [0.1, 0.15) is 0 Å². The van der Waals surface area contributed by atoms with Crippen LogP contribution < -0.4 is 5.32 Å². The van der Waals surface area contributed by atoms with Crippen molar-refractivity contribution in [1.29, 1.82) is 0 Å². The Kier molecular flexibility index (Phi) is 5.82. The Morgan fingerprint density at radius 1 is 1.17 bits per heavy atom. The Bertz CT molecular complexity index is 391. The average molecular weight is 271 g/mol. The molecular formula is C13H23ClN4. The van der Waals surface area contributed by atoms with Gasteiger partial charge in [-0.2, -0.15) is 0 Å². The van der Waals surface area contributed by atoms with Crippen LogP contribution in [-0.4, -0.2) is 40.8 Å². The monoisotopic (exact) mass is 270 g/mol. The molecule has 0 saturated heterocycles. The van der Waals surface area contributed by atoms with Crippen LogP contribution in [0.3, 0.4) is 0 Å². The summed E-state index contributed by atoms with van der Waals surface area (Å²) in [7, 11) is 0. The number of anilines is 1. The molecule has 1 aromatic heterocycles. The number of hydrogen-bond donors (Lipinski definition) is 1. The first-order valence-corrected chi connectivity index (χ1v) is 6.85. The van der Waals surface area contributed by atoms with E-state index >= 15 is 0 Å². The summed E-state index contributed by atoms with van der Waals surface area (Å²) in [5, 5.41) is 12.0. The topological polar surface area (TPSA) is 41.0 Å². The van der Waals surface area contributed by atoms with Gasteiger partial charge in [-0.3, -0.25) is 0 Å². The third-order valence-electron chi connectivity index (χ3n) is 3.27. The van der Waals surface area contributed by atoms with E-state index in [9.17, 15) is 0 Å². The SMILES string of the molecule is CCN(CC)CC(C)Nc1nnc(Cl)c(C)c1C. The Morgan fingerprint density at radius 2 is 1.78 bits per heavy atom. The fourth-order valence-corrected chi connectivity index (χ4v) is 2.04. The van der Waals surface area contributed by atoms with Crippen LogP contribution >= 0.6 is 11.6 Å². The first-order valence-electron chi connectivity index (χ1n) is 6.47. The molecule has 1 rings (SSSR count). The summed E-state index contributed by atoms with van der Waals surface area (Å²) in [5.41, 5.74) is 2.06. The van der Waals surface area contributed by atoms with Crippen molar-refractivity contribution in [2.75, 3.05) is 25.0 Å². The largest absolute Gasteiger partial charge is 0.365 e. The number of hydrogen-bond acceptors (Lipinski definition) is 4. The van der Waals surface area contributed by atoms with Crippen LogP contribution in [0.2, 0.25) is 5.15 Å². The summed E-state index contributed by atoms with van der Waals surface area (Å²) in [4.78, 5) is 2.38. The molecule has 1 heterocycles. The van der Waals surface area contributed by atoms with Crippen molar-refractivity contribution in [1.82, 2.24) is 15.1 Å². The van der Waals surface area contributed by atoms with E-state index < -0.39 is 0 Å². The lowest BCUT2D eigenvalue weighted by atomic mass is 10.2. The van der Waals surface area contributed by atoms with Crippen LogP contribution in [0.1, 0.15) is 31.9 Å². The number of aromatic nitrogens is 2. The van der Waals surface area contributed by atoms with E-state index in [-0.39, 0.29) is 0 Å². The van der Waals surface area contributed by atoms with Crippen molar-refractivity contribution in [2.45, 2.75) is 40.7 Å². The lowest BCUT2D eigenvalue weighted by molar-refractivity contribution is 0.294. The summed E-state index contributed by atoms with van der Waals surface area (Å²) >= 11 is 5.94. The molecule has 5 heteroatoms. The minimum absolute atomic E-state index is 0.332. The number of rotatable bonds is 6. The van der Waals surface area contributed by atoms with Crippen molar-refractivity contribution >= 4 is 17.4 Å². The van der Waals surface area contributed by atoms with Gasteiger partial charge in [0, 0.05) is 12.6 Å². The van der Waals surface area contributed by atoms with Gasteiger partial charge in [0.15, 0.2) is 11.0 Å². The molecular weight excluding hydrogens is 248 g/mol. The van der Waals surface area contributed by atoms with Gasteiger partial charge in [0.25, 0.3) is 0 Å². The molecule has 18 heavy (non-hydrogen) atoms. The molecule has 0 amide bonds. The second kappa shape index (κ2) is 6.90. The van der Waals surface area contributed by atoms with Gasteiger partial charge in [-0.15, -0.1) is 10.2 Å². The van der Waals surface area contributed by atoms with E-state index in [0.717, 1.165) is 36.6 Å². The zero-order valence-electron chi connectivity index (χ0n) is 11.9. The smallest absolute Gasteiger partial charge is 0.155 e. The first-order chi connectivity index (χ1) is 8.49. The summed E-state index contributed by atoms with van der Waals surface area (Å²) in [6.07, 6.45) is 0. The van der Waals surface area contributed by atoms with E-state index in [1.54, 1.807) is 0 Å². The van der Waals surface area contributed by atoms with Gasteiger partial charge < -0.3 is 10.2 Å². The summed E-state index contributed by atoms with van der Waals surface area (Å²) in [6.45, 7) is 13.6. The fraction of sp³-hybridized carbons (Fsp3) is 0.692. The lowest BCUT2D eigenvalue weighted by Crippen LogP contribution is -2.35. The molecule has 0 aromatic carbocycles. The molecule has 0 aliphatic rings. The van der Waals surface area contributed by atoms with Crippen LogP contribution in [0.4, 0.5) is 5.82 Å². The molecule has 0 aliphatic heterocycles. The van der Waals surface area contributed by atoms with Gasteiger partial charge >= 0.3 is 0 Å². The Morgan fingerprint density at radius 3 is 2.33 bits per heavy atom. The predicted octanol–water partition coefficient (Wildman–Crippen LogP) is 2.89. The molecule has 0 spiro atoms. The second-order valence-electron chi connectivity index (χ2n) is 4.62. The standard InChI is InChI=1S/C13H23ClN4/c1-6-18(7-2)8-9(3)15-13-11(5)10(4)12(14)16-17-13/h9H,6-8H2,1-5H3,(H,15,17). The van der Waals surface area contributed by atoms with E-state index in [1.807, 2.05) is 13.8 Å². The summed E-state index contributed by atoms with van der Waals surface area (Å²) in [5.74, 6) is 0.830. The highest BCUT2D eigenvalue weighted by molar-refractivity contribution is 6.30. The normalized spacial score (nSPS) is 12.8. The third kappa shape index (κ3) is 3.82. The molecule has 1 atom stereocenters. The first kappa shape index (κ1) is 15.2. The third-order valence-corrected chi connectivity index (χ3v) is 3.63. The molecule has 0 fully saturated rings. The summed E-state index contributed by atoms with van der Waals surface area (Å²) < 4.78 is 0. The zero-order chi connectivity index (χ0) is 13.7. The number of nitrogens with one attached hydrogen (secondary N) is 1. The highest BCUT2D eigenvalue weighted by atomic mass is 35.5. The Balaban J connectivity index is 2.70. The number of likely N-dealkylation sites (N-methyl/N-ethyl adjacent to an activating group) is 1. The minimum Gasteiger partial charge on any atom is -0.365 e. The van der Waals surface area contributed by atoms with Crippen LogP contribution in [0.5, 0.6) is 0 Å². The van der Waals surface area contributed by atoms with E-state index in [1.165, 1.54) is 0 Å². The molecule has 102 valence electrons. The second-order valence-corrected chi connectivity index (χ2v) is 4.98. The van der Waals surface area contributed by atoms with Gasteiger partial charge in [0.2, 0.25) is 0 Å². The molecule has 0 saturated carbocycles.